The van der Waals surface area contributed by atoms with Gasteiger partial charge in [0.1, 0.15) is 0 Å². The molecule has 0 fully saturated rings. The molecular weight excluding hydrogens is 322 g/mol. The monoisotopic (exact) mass is 326 g/mol. The molecule has 1 rings (SSSR count). The van der Waals surface area contributed by atoms with E-state index in [0.29, 0.717) is 6.07 Å². The summed E-state index contributed by atoms with van der Waals surface area (Å²) in [5.41, 5.74) is -4.26. The largest absolute Gasteiger partial charge is 0.417 e. The molecule has 0 saturated heterocycles. The fraction of sp³-hybridized carbons (Fsp3) is 0.333. The van der Waals surface area contributed by atoms with Crippen molar-refractivity contribution in [3.8, 4) is 0 Å². The molecule has 0 saturated carbocycles. The van der Waals surface area contributed by atoms with Crippen molar-refractivity contribution in [2.45, 2.75) is 24.2 Å². The van der Waals surface area contributed by atoms with E-state index >= 15 is 0 Å². The van der Waals surface area contributed by atoms with E-state index in [1.165, 1.54) is 0 Å². The predicted octanol–water partition coefficient (Wildman–Crippen LogP) is 3.96. The average molecular weight is 327 g/mol. The van der Waals surface area contributed by atoms with Crippen LogP contribution < -0.4 is 0 Å². The first-order valence-corrected chi connectivity index (χ1v) is 6.79. The van der Waals surface area contributed by atoms with Crippen LogP contribution in [0, 0.1) is 6.92 Å². The van der Waals surface area contributed by atoms with Gasteiger partial charge in [0.2, 0.25) is 0 Å². The van der Waals surface area contributed by atoms with Crippen molar-refractivity contribution in [2.75, 3.05) is 0 Å². The Morgan fingerprint density at radius 2 is 1.47 bits per heavy atom. The first-order valence-electron chi connectivity index (χ1n) is 4.48. The van der Waals surface area contributed by atoms with Gasteiger partial charge in [0.05, 0.1) is 16.0 Å². The van der Waals surface area contributed by atoms with Crippen LogP contribution in [-0.2, 0) is 21.4 Å². The SMILES string of the molecule is Cc1cc(C(F)(F)F)cc(C(F)(F)F)c1S(=O)(=O)Cl. The lowest BCUT2D eigenvalue weighted by atomic mass is 10.1. The molecule has 0 aromatic heterocycles. The van der Waals surface area contributed by atoms with E-state index in [0.717, 1.165) is 6.92 Å². The molecule has 0 amide bonds. The molecule has 0 radical (unpaired) electrons. The molecule has 108 valence electrons. The van der Waals surface area contributed by atoms with Crippen molar-refractivity contribution in [3.05, 3.63) is 28.8 Å². The van der Waals surface area contributed by atoms with Crippen LogP contribution in [-0.4, -0.2) is 8.42 Å². The zero-order valence-corrected chi connectivity index (χ0v) is 10.6. The fourth-order valence-electron chi connectivity index (χ4n) is 1.47. The molecule has 10 heteroatoms. The van der Waals surface area contributed by atoms with Gasteiger partial charge in [0.25, 0.3) is 9.05 Å². The maximum Gasteiger partial charge on any atom is 0.417 e. The first kappa shape index (κ1) is 16.1. The van der Waals surface area contributed by atoms with E-state index in [4.69, 9.17) is 10.7 Å². The minimum Gasteiger partial charge on any atom is -0.207 e. The Hall–Kier alpha value is -0.960. The van der Waals surface area contributed by atoms with Gasteiger partial charge >= 0.3 is 12.4 Å². The molecule has 0 bridgehead atoms. The van der Waals surface area contributed by atoms with E-state index in [-0.39, 0.29) is 6.07 Å². The molecule has 0 aliphatic rings. The minimum atomic E-state index is -5.27. The van der Waals surface area contributed by atoms with E-state index in [1.54, 1.807) is 0 Å². The average Bonchev–Trinajstić information content (AvgIpc) is 2.11. The molecule has 1 aromatic carbocycles. The van der Waals surface area contributed by atoms with E-state index in [1.807, 2.05) is 0 Å². The first-order chi connectivity index (χ1) is 8.24. The third-order valence-electron chi connectivity index (χ3n) is 2.15. The van der Waals surface area contributed by atoms with E-state index < -0.39 is 43.0 Å². The van der Waals surface area contributed by atoms with Crippen molar-refractivity contribution >= 4 is 19.7 Å². The highest BCUT2D eigenvalue weighted by atomic mass is 35.7. The molecular formula is C9H5ClF6O2S. The Kier molecular flexibility index (Phi) is 3.85. The third kappa shape index (κ3) is 3.53. The molecule has 0 heterocycles. The van der Waals surface area contributed by atoms with Gasteiger partial charge in [-0.1, -0.05) is 0 Å². The Bertz CT molecular complexity index is 602. The molecule has 0 aliphatic heterocycles. The minimum absolute atomic E-state index is 0.276. The lowest BCUT2D eigenvalue weighted by Crippen LogP contribution is -2.16. The van der Waals surface area contributed by atoms with Crippen LogP contribution in [0.4, 0.5) is 26.3 Å². The van der Waals surface area contributed by atoms with Crippen LogP contribution >= 0.6 is 10.7 Å². The smallest absolute Gasteiger partial charge is 0.207 e. The van der Waals surface area contributed by atoms with Crippen molar-refractivity contribution in [1.82, 2.24) is 0 Å². The van der Waals surface area contributed by atoms with Gasteiger partial charge in [-0.3, -0.25) is 0 Å². The predicted molar refractivity (Wildman–Crippen MR) is 54.2 cm³/mol. The van der Waals surface area contributed by atoms with Crippen molar-refractivity contribution in [3.63, 3.8) is 0 Å². The summed E-state index contributed by atoms with van der Waals surface area (Å²) in [4.78, 5) is -1.37. The summed E-state index contributed by atoms with van der Waals surface area (Å²) < 4.78 is 97.3. The van der Waals surface area contributed by atoms with Crippen LogP contribution in [0.15, 0.2) is 17.0 Å². The van der Waals surface area contributed by atoms with Crippen LogP contribution in [0.1, 0.15) is 16.7 Å². The third-order valence-corrected chi connectivity index (χ3v) is 3.64. The zero-order chi connectivity index (χ0) is 15.2. The second-order valence-corrected chi connectivity index (χ2v) is 6.11. The van der Waals surface area contributed by atoms with Crippen LogP contribution in [0.5, 0.6) is 0 Å². The standard InChI is InChI=1S/C9H5ClF6O2S/c1-4-2-5(8(11,12)13)3-6(9(14,15)16)7(4)19(10,17)18/h2-3H,1H3. The number of hydrogen-bond acceptors (Lipinski definition) is 2. The highest BCUT2D eigenvalue weighted by Gasteiger charge is 2.41. The molecule has 1 aromatic rings. The summed E-state index contributed by atoms with van der Waals surface area (Å²) >= 11 is 0. The normalized spacial score (nSPS) is 13.7. The Labute approximate surface area is 108 Å². The summed E-state index contributed by atoms with van der Waals surface area (Å²) in [6.45, 7) is 0.805. The number of benzene rings is 1. The van der Waals surface area contributed by atoms with Gasteiger partial charge < -0.3 is 0 Å². The highest BCUT2D eigenvalue weighted by molar-refractivity contribution is 8.13. The quantitative estimate of drug-likeness (QED) is 0.578. The van der Waals surface area contributed by atoms with E-state index in [9.17, 15) is 34.8 Å². The summed E-state index contributed by atoms with van der Waals surface area (Å²) in [6.07, 6.45) is -10.3. The maximum atomic E-state index is 12.6. The molecule has 0 atom stereocenters. The van der Waals surface area contributed by atoms with Gasteiger partial charge in [0, 0.05) is 10.7 Å². The van der Waals surface area contributed by atoms with Gasteiger partial charge in [-0.15, -0.1) is 0 Å². The number of rotatable bonds is 1. The second-order valence-electron chi connectivity index (χ2n) is 3.60. The summed E-state index contributed by atoms with van der Waals surface area (Å²) in [5, 5.41) is 0. The number of alkyl halides is 6. The lowest BCUT2D eigenvalue weighted by molar-refractivity contribution is -0.144. The second kappa shape index (κ2) is 4.55. The summed E-state index contributed by atoms with van der Waals surface area (Å²) in [6, 6.07) is 0.0206. The Balaban J connectivity index is 3.79. The summed E-state index contributed by atoms with van der Waals surface area (Å²) in [5.74, 6) is 0. The highest BCUT2D eigenvalue weighted by Crippen LogP contribution is 2.41. The van der Waals surface area contributed by atoms with Gasteiger partial charge in [-0.2, -0.15) is 26.3 Å². The maximum absolute atomic E-state index is 12.6. The number of aryl methyl sites for hydroxylation is 1. The van der Waals surface area contributed by atoms with E-state index in [2.05, 4.69) is 0 Å². The Morgan fingerprint density at radius 3 is 1.79 bits per heavy atom. The van der Waals surface area contributed by atoms with Crippen molar-refractivity contribution in [1.29, 1.82) is 0 Å². The lowest BCUT2D eigenvalue weighted by Gasteiger charge is -2.16. The fourth-order valence-corrected chi connectivity index (χ4v) is 2.97. The van der Waals surface area contributed by atoms with Gasteiger partial charge in [-0.25, -0.2) is 8.42 Å². The van der Waals surface area contributed by atoms with Crippen LogP contribution in [0.3, 0.4) is 0 Å². The Morgan fingerprint density at radius 1 is 1.00 bits per heavy atom. The molecule has 0 N–H and O–H groups in total. The molecule has 0 unspecified atom stereocenters. The molecule has 0 spiro atoms. The molecule has 19 heavy (non-hydrogen) atoms. The zero-order valence-electron chi connectivity index (χ0n) is 9.03. The topological polar surface area (TPSA) is 34.1 Å². The molecule has 0 aliphatic carbocycles. The number of hydrogen-bond donors (Lipinski definition) is 0. The van der Waals surface area contributed by atoms with Gasteiger partial charge in [-0.05, 0) is 24.6 Å². The van der Waals surface area contributed by atoms with Crippen LogP contribution in [0.2, 0.25) is 0 Å². The number of halogens is 7. The van der Waals surface area contributed by atoms with Crippen molar-refractivity contribution < 1.29 is 34.8 Å². The van der Waals surface area contributed by atoms with Crippen LogP contribution in [0.25, 0.3) is 0 Å². The molecule has 2 nitrogen and oxygen atoms in total. The van der Waals surface area contributed by atoms with Gasteiger partial charge in [0.15, 0.2) is 0 Å². The van der Waals surface area contributed by atoms with Crippen molar-refractivity contribution in [2.24, 2.45) is 0 Å². The summed E-state index contributed by atoms with van der Waals surface area (Å²) in [7, 11) is 0.00794.